The van der Waals surface area contributed by atoms with Crippen LogP contribution in [-0.4, -0.2) is 12.2 Å². The molecule has 0 aromatic heterocycles. The zero-order valence-electron chi connectivity index (χ0n) is 10.7. The van der Waals surface area contributed by atoms with Gasteiger partial charge in [-0.2, -0.15) is 0 Å². The number of ether oxygens (including phenoxy) is 1. The van der Waals surface area contributed by atoms with Crippen LogP contribution in [0.4, 0.5) is 0 Å². The van der Waals surface area contributed by atoms with E-state index in [2.05, 4.69) is 31.9 Å². The minimum Gasteiger partial charge on any atom is -0.496 e. The molecule has 0 spiro atoms. The lowest BCUT2D eigenvalue weighted by Gasteiger charge is -2.17. The zero-order valence-corrected chi connectivity index (χ0v) is 13.8. The number of aliphatic hydroxyl groups excluding tert-OH is 1. The second kappa shape index (κ2) is 6.07. The molecular weight excluding hydrogens is 372 g/mol. The van der Waals surface area contributed by atoms with Crippen LogP contribution in [-0.2, 0) is 0 Å². The lowest BCUT2D eigenvalue weighted by molar-refractivity contribution is 0.214. The summed E-state index contributed by atoms with van der Waals surface area (Å²) in [5, 5.41) is 10.6. The third-order valence-electron chi connectivity index (χ3n) is 3.02. The zero-order chi connectivity index (χ0) is 14.0. The standard InChI is InChI=1S/C15H14Br2O2/c1-9-3-4-10(16)7-12(9)15(18)13-8-11(17)5-6-14(13)19-2/h3-8,15,18H,1-2H3. The van der Waals surface area contributed by atoms with E-state index in [0.717, 1.165) is 25.6 Å². The highest BCUT2D eigenvalue weighted by Crippen LogP contribution is 2.34. The minimum absolute atomic E-state index is 0.676. The van der Waals surface area contributed by atoms with Crippen molar-refractivity contribution in [1.29, 1.82) is 0 Å². The predicted molar refractivity (Wildman–Crippen MR) is 83.6 cm³/mol. The molecule has 2 nitrogen and oxygen atoms in total. The maximum Gasteiger partial charge on any atom is 0.125 e. The van der Waals surface area contributed by atoms with Crippen molar-refractivity contribution in [3.05, 3.63) is 62.0 Å². The van der Waals surface area contributed by atoms with Crippen LogP contribution in [0.25, 0.3) is 0 Å². The molecule has 0 aliphatic carbocycles. The van der Waals surface area contributed by atoms with Crippen molar-refractivity contribution in [3.8, 4) is 5.75 Å². The molecule has 1 atom stereocenters. The molecule has 2 aromatic rings. The van der Waals surface area contributed by atoms with Crippen molar-refractivity contribution >= 4 is 31.9 Å². The van der Waals surface area contributed by atoms with Crippen molar-refractivity contribution in [1.82, 2.24) is 0 Å². The van der Waals surface area contributed by atoms with Crippen LogP contribution in [0.5, 0.6) is 5.75 Å². The van der Waals surface area contributed by atoms with E-state index in [4.69, 9.17) is 4.74 Å². The summed E-state index contributed by atoms with van der Waals surface area (Å²) in [4.78, 5) is 0. The number of halogens is 2. The summed E-state index contributed by atoms with van der Waals surface area (Å²) in [5.41, 5.74) is 2.65. The van der Waals surface area contributed by atoms with Crippen LogP contribution < -0.4 is 4.74 Å². The summed E-state index contributed by atoms with van der Waals surface area (Å²) in [5.74, 6) is 0.676. The molecule has 0 saturated heterocycles. The van der Waals surface area contributed by atoms with E-state index in [0.29, 0.717) is 5.75 Å². The van der Waals surface area contributed by atoms with E-state index in [1.807, 2.05) is 43.3 Å². The van der Waals surface area contributed by atoms with Crippen molar-refractivity contribution in [2.24, 2.45) is 0 Å². The van der Waals surface area contributed by atoms with Gasteiger partial charge in [0.25, 0.3) is 0 Å². The van der Waals surface area contributed by atoms with Crippen LogP contribution in [0, 0.1) is 6.92 Å². The van der Waals surface area contributed by atoms with Crippen molar-refractivity contribution in [2.75, 3.05) is 7.11 Å². The molecule has 2 aromatic carbocycles. The minimum atomic E-state index is -0.718. The van der Waals surface area contributed by atoms with Gasteiger partial charge in [-0.25, -0.2) is 0 Å². The van der Waals surface area contributed by atoms with Gasteiger partial charge >= 0.3 is 0 Å². The summed E-state index contributed by atoms with van der Waals surface area (Å²) < 4.78 is 7.18. The third kappa shape index (κ3) is 3.19. The Balaban J connectivity index is 2.51. The van der Waals surface area contributed by atoms with E-state index in [1.165, 1.54) is 0 Å². The molecule has 4 heteroatoms. The van der Waals surface area contributed by atoms with Crippen LogP contribution >= 0.6 is 31.9 Å². The maximum absolute atomic E-state index is 10.6. The monoisotopic (exact) mass is 384 g/mol. The van der Waals surface area contributed by atoms with E-state index in [1.54, 1.807) is 7.11 Å². The number of aliphatic hydroxyl groups is 1. The Morgan fingerprint density at radius 3 is 2.21 bits per heavy atom. The topological polar surface area (TPSA) is 29.5 Å². The number of hydrogen-bond donors (Lipinski definition) is 1. The van der Waals surface area contributed by atoms with Gasteiger partial charge in [0.15, 0.2) is 0 Å². The van der Waals surface area contributed by atoms with Crippen molar-refractivity contribution in [3.63, 3.8) is 0 Å². The lowest BCUT2D eigenvalue weighted by Crippen LogP contribution is -2.04. The molecule has 1 N–H and O–H groups in total. The Morgan fingerprint density at radius 1 is 1.00 bits per heavy atom. The van der Waals surface area contributed by atoms with Crippen LogP contribution in [0.15, 0.2) is 45.3 Å². The second-order valence-electron chi connectivity index (χ2n) is 4.29. The maximum atomic E-state index is 10.6. The van der Waals surface area contributed by atoms with E-state index < -0.39 is 6.10 Å². The van der Waals surface area contributed by atoms with E-state index in [-0.39, 0.29) is 0 Å². The highest BCUT2D eigenvalue weighted by Gasteiger charge is 2.18. The smallest absolute Gasteiger partial charge is 0.125 e. The summed E-state index contributed by atoms with van der Waals surface area (Å²) in [7, 11) is 1.60. The summed E-state index contributed by atoms with van der Waals surface area (Å²) >= 11 is 6.86. The fourth-order valence-electron chi connectivity index (χ4n) is 1.99. The number of benzene rings is 2. The van der Waals surface area contributed by atoms with E-state index >= 15 is 0 Å². The number of aryl methyl sites for hydroxylation is 1. The van der Waals surface area contributed by atoms with Crippen molar-refractivity contribution < 1.29 is 9.84 Å². The van der Waals surface area contributed by atoms with Gasteiger partial charge < -0.3 is 9.84 Å². The Kier molecular flexibility index (Phi) is 4.66. The van der Waals surface area contributed by atoms with Gasteiger partial charge in [0, 0.05) is 14.5 Å². The van der Waals surface area contributed by atoms with Gasteiger partial charge in [0.1, 0.15) is 11.9 Å². The van der Waals surface area contributed by atoms with Gasteiger partial charge in [0.05, 0.1) is 7.11 Å². The Labute approximate surface area is 129 Å². The summed E-state index contributed by atoms with van der Waals surface area (Å²) in [6, 6.07) is 11.5. The van der Waals surface area contributed by atoms with Gasteiger partial charge in [-0.05, 0) is 48.4 Å². The van der Waals surface area contributed by atoms with E-state index in [9.17, 15) is 5.11 Å². The Morgan fingerprint density at radius 2 is 1.58 bits per heavy atom. The molecule has 19 heavy (non-hydrogen) atoms. The van der Waals surface area contributed by atoms with Crippen LogP contribution in [0.2, 0.25) is 0 Å². The molecule has 0 heterocycles. The van der Waals surface area contributed by atoms with Gasteiger partial charge in [-0.1, -0.05) is 37.9 Å². The Bertz CT molecular complexity index is 597. The third-order valence-corrected chi connectivity index (χ3v) is 4.01. The molecular formula is C15H14Br2O2. The molecule has 0 aliphatic rings. The molecule has 0 amide bonds. The van der Waals surface area contributed by atoms with Crippen LogP contribution in [0.1, 0.15) is 22.8 Å². The molecule has 0 bridgehead atoms. The molecule has 0 radical (unpaired) electrons. The average molecular weight is 386 g/mol. The highest BCUT2D eigenvalue weighted by molar-refractivity contribution is 9.10. The first-order valence-electron chi connectivity index (χ1n) is 5.80. The molecule has 100 valence electrons. The summed E-state index contributed by atoms with van der Waals surface area (Å²) in [6.07, 6.45) is -0.718. The fraction of sp³-hybridized carbons (Fsp3) is 0.200. The SMILES string of the molecule is COc1ccc(Br)cc1C(O)c1cc(Br)ccc1C. The normalized spacial score (nSPS) is 12.3. The largest absolute Gasteiger partial charge is 0.496 e. The van der Waals surface area contributed by atoms with Gasteiger partial charge in [0.2, 0.25) is 0 Å². The lowest BCUT2D eigenvalue weighted by atomic mass is 9.97. The second-order valence-corrected chi connectivity index (χ2v) is 6.12. The summed E-state index contributed by atoms with van der Waals surface area (Å²) in [6.45, 7) is 1.98. The molecule has 2 rings (SSSR count). The predicted octanol–water partition coefficient (Wildman–Crippen LogP) is 4.61. The molecule has 0 aliphatic heterocycles. The highest BCUT2D eigenvalue weighted by atomic mass is 79.9. The van der Waals surface area contributed by atoms with Crippen LogP contribution in [0.3, 0.4) is 0 Å². The first-order chi connectivity index (χ1) is 9.02. The number of methoxy groups -OCH3 is 1. The first-order valence-corrected chi connectivity index (χ1v) is 7.39. The van der Waals surface area contributed by atoms with Gasteiger partial charge in [-0.15, -0.1) is 0 Å². The molecule has 0 fully saturated rings. The number of hydrogen-bond acceptors (Lipinski definition) is 2. The first kappa shape index (κ1) is 14.6. The average Bonchev–Trinajstić information content (AvgIpc) is 2.40. The number of rotatable bonds is 3. The molecule has 1 unspecified atom stereocenters. The molecule has 0 saturated carbocycles. The van der Waals surface area contributed by atoms with Crippen molar-refractivity contribution in [2.45, 2.75) is 13.0 Å². The van der Waals surface area contributed by atoms with Gasteiger partial charge in [-0.3, -0.25) is 0 Å². The fourth-order valence-corrected chi connectivity index (χ4v) is 2.75. The quantitative estimate of drug-likeness (QED) is 0.835. The Hall–Kier alpha value is -0.840.